The van der Waals surface area contributed by atoms with Crippen molar-refractivity contribution in [3.8, 4) is 0 Å². The highest BCUT2D eigenvalue weighted by Crippen LogP contribution is 2.70. The lowest BCUT2D eigenvalue weighted by Crippen LogP contribution is -2.59. The minimum atomic E-state index is -1.02. The van der Waals surface area contributed by atoms with Gasteiger partial charge in [0.25, 0.3) is 0 Å². The Hall–Kier alpha value is -1.75. The van der Waals surface area contributed by atoms with E-state index in [2.05, 4.69) is 19.9 Å². The molecule has 0 spiro atoms. The predicted octanol–water partition coefficient (Wildman–Crippen LogP) is 3.17. The molecule has 0 radical (unpaired) electrons. The van der Waals surface area contributed by atoms with Gasteiger partial charge in [-0.3, -0.25) is 14.4 Å². The van der Waals surface area contributed by atoms with E-state index in [0.717, 1.165) is 24.8 Å². The van der Waals surface area contributed by atoms with E-state index in [1.165, 1.54) is 6.92 Å². The average molecular weight is 384 g/mol. The molecule has 0 aromatic rings. The van der Waals surface area contributed by atoms with Gasteiger partial charge in [-0.1, -0.05) is 19.9 Å². The van der Waals surface area contributed by atoms with Crippen LogP contribution in [0.5, 0.6) is 0 Å². The number of allylic oxidation sites excluding steroid dienone is 3. The summed E-state index contributed by atoms with van der Waals surface area (Å²) < 4.78 is 12.0. The number of carbonyl (C=O) groups is 3. The average Bonchev–Trinajstić information content (AvgIpc) is 3.35. The molecule has 5 heteroatoms. The molecular formula is C23H28O5. The van der Waals surface area contributed by atoms with Gasteiger partial charge in [0.2, 0.25) is 0 Å². The Morgan fingerprint density at radius 3 is 2.54 bits per heavy atom. The first-order chi connectivity index (χ1) is 13.1. The number of hydrogen-bond donors (Lipinski definition) is 0. The van der Waals surface area contributed by atoms with Crippen LogP contribution >= 0.6 is 0 Å². The van der Waals surface area contributed by atoms with Crippen LogP contribution in [0.25, 0.3) is 0 Å². The second kappa shape index (κ2) is 5.44. The molecule has 0 bridgehead atoms. The van der Waals surface area contributed by atoms with Gasteiger partial charge in [-0.2, -0.15) is 0 Å². The van der Waals surface area contributed by atoms with E-state index in [0.29, 0.717) is 18.3 Å². The standard InChI is InChI=1S/C23H28O5/c1-12(24)23(28-13(2)25)10-7-16-18-15(6-9-22(16,23)4)21(3)8-5-14(26)11-17(21)19-20(18)27-19/h5,8,11,15-16,18-20H,6-7,9-10H2,1-4H3/t15-,16-,18+,19+,20-,21+,22-,23-/m0/s1. The fraction of sp³-hybridized carbons (Fsp3) is 0.696. The van der Waals surface area contributed by atoms with Crippen LogP contribution in [-0.4, -0.2) is 35.3 Å². The number of epoxide rings is 1. The minimum absolute atomic E-state index is 0.0172. The molecule has 0 aromatic heterocycles. The van der Waals surface area contributed by atoms with Crippen molar-refractivity contribution < 1.29 is 23.9 Å². The molecule has 1 heterocycles. The van der Waals surface area contributed by atoms with E-state index in [9.17, 15) is 14.4 Å². The van der Waals surface area contributed by atoms with E-state index < -0.39 is 5.60 Å². The second-order valence-electron chi connectivity index (χ2n) is 9.90. The van der Waals surface area contributed by atoms with Crippen molar-refractivity contribution in [1.29, 1.82) is 0 Å². The Kier molecular flexibility index (Phi) is 3.55. The highest BCUT2D eigenvalue weighted by molar-refractivity contribution is 6.01. The van der Waals surface area contributed by atoms with Gasteiger partial charge in [-0.25, -0.2) is 0 Å². The molecule has 4 aliphatic carbocycles. The molecule has 0 unspecified atom stereocenters. The zero-order valence-electron chi connectivity index (χ0n) is 17.0. The third-order valence-corrected chi connectivity index (χ3v) is 8.83. The lowest BCUT2D eigenvalue weighted by molar-refractivity contribution is -0.186. The number of ketones is 2. The van der Waals surface area contributed by atoms with Gasteiger partial charge in [0.05, 0.1) is 6.10 Å². The molecule has 5 rings (SSSR count). The van der Waals surface area contributed by atoms with Crippen molar-refractivity contribution in [2.24, 2.45) is 28.6 Å². The first-order valence-corrected chi connectivity index (χ1v) is 10.5. The van der Waals surface area contributed by atoms with Crippen LogP contribution in [0.1, 0.15) is 53.4 Å². The summed E-state index contributed by atoms with van der Waals surface area (Å²) in [5, 5.41) is 0. The van der Waals surface area contributed by atoms with E-state index in [-0.39, 0.29) is 46.5 Å². The van der Waals surface area contributed by atoms with E-state index >= 15 is 0 Å². The summed E-state index contributed by atoms with van der Waals surface area (Å²) in [5.74, 6) is 0.603. The number of ether oxygens (including phenoxy) is 2. The first kappa shape index (κ1) is 18.3. The van der Waals surface area contributed by atoms with Gasteiger partial charge in [-0.15, -0.1) is 0 Å². The minimum Gasteiger partial charge on any atom is -0.451 e. The van der Waals surface area contributed by atoms with Gasteiger partial charge in [0.1, 0.15) is 6.10 Å². The topological polar surface area (TPSA) is 73.0 Å². The maximum absolute atomic E-state index is 12.8. The normalized spacial score (nSPS) is 50.6. The summed E-state index contributed by atoms with van der Waals surface area (Å²) in [4.78, 5) is 36.7. The molecule has 3 saturated carbocycles. The summed E-state index contributed by atoms with van der Waals surface area (Å²) in [6.07, 6.45) is 8.94. The predicted molar refractivity (Wildman–Crippen MR) is 101 cm³/mol. The number of hydrogen-bond acceptors (Lipinski definition) is 5. The smallest absolute Gasteiger partial charge is 0.303 e. The second-order valence-corrected chi connectivity index (χ2v) is 9.90. The summed E-state index contributed by atoms with van der Waals surface area (Å²) in [6.45, 7) is 7.35. The molecule has 4 fully saturated rings. The van der Waals surface area contributed by atoms with Gasteiger partial charge >= 0.3 is 5.97 Å². The monoisotopic (exact) mass is 384 g/mol. The summed E-state index contributed by atoms with van der Waals surface area (Å²) in [6, 6.07) is 0. The van der Waals surface area contributed by atoms with E-state index in [1.807, 2.05) is 0 Å². The third-order valence-electron chi connectivity index (χ3n) is 8.83. The molecule has 1 aliphatic heterocycles. The highest BCUT2D eigenvalue weighted by atomic mass is 16.6. The zero-order chi connectivity index (χ0) is 20.1. The quantitative estimate of drug-likeness (QED) is 0.540. The fourth-order valence-electron chi connectivity index (χ4n) is 7.52. The lowest BCUT2D eigenvalue weighted by Gasteiger charge is -2.56. The molecule has 5 aliphatic rings. The van der Waals surface area contributed by atoms with Gasteiger partial charge in [-0.05, 0) is 68.1 Å². The maximum atomic E-state index is 12.8. The van der Waals surface area contributed by atoms with Crippen LogP contribution in [0.4, 0.5) is 0 Å². The SMILES string of the molecule is CC(=O)O[C@]1(C(C)=O)CC[C@H]2[C@@H]3[C@@H]4O[C@@H]4C4=CC(=O)C=C[C@]4(C)[C@H]3CC[C@@]21C. The summed E-state index contributed by atoms with van der Waals surface area (Å²) >= 11 is 0. The van der Waals surface area contributed by atoms with Crippen molar-refractivity contribution in [2.45, 2.75) is 71.2 Å². The number of Topliss-reactive ketones (excluding diaryl/α,β-unsaturated/α-hetero) is 1. The molecule has 28 heavy (non-hydrogen) atoms. The molecule has 1 saturated heterocycles. The van der Waals surface area contributed by atoms with Crippen molar-refractivity contribution in [2.75, 3.05) is 0 Å². The Balaban J connectivity index is 1.56. The summed E-state index contributed by atoms with van der Waals surface area (Å²) in [7, 11) is 0. The lowest BCUT2D eigenvalue weighted by atomic mass is 9.47. The first-order valence-electron chi connectivity index (χ1n) is 10.5. The van der Waals surface area contributed by atoms with Crippen LogP contribution in [0.3, 0.4) is 0 Å². The number of rotatable bonds is 2. The van der Waals surface area contributed by atoms with Crippen LogP contribution in [0.2, 0.25) is 0 Å². The maximum Gasteiger partial charge on any atom is 0.303 e. The summed E-state index contributed by atoms with van der Waals surface area (Å²) in [5.41, 5.74) is -0.423. The fourth-order valence-corrected chi connectivity index (χ4v) is 7.52. The Morgan fingerprint density at radius 2 is 1.86 bits per heavy atom. The molecule has 8 atom stereocenters. The zero-order valence-corrected chi connectivity index (χ0v) is 17.0. The van der Waals surface area contributed by atoms with Crippen molar-refractivity contribution in [3.63, 3.8) is 0 Å². The Labute approximate surface area is 165 Å². The third kappa shape index (κ3) is 2.04. The molecule has 0 aromatic carbocycles. The van der Waals surface area contributed by atoms with Gasteiger partial charge in [0, 0.05) is 17.8 Å². The van der Waals surface area contributed by atoms with Crippen LogP contribution in [-0.2, 0) is 23.9 Å². The van der Waals surface area contributed by atoms with Crippen molar-refractivity contribution in [1.82, 2.24) is 0 Å². The Morgan fingerprint density at radius 1 is 1.14 bits per heavy atom. The largest absolute Gasteiger partial charge is 0.451 e. The van der Waals surface area contributed by atoms with Gasteiger partial charge in [0.15, 0.2) is 17.2 Å². The molecule has 5 nitrogen and oxygen atoms in total. The van der Waals surface area contributed by atoms with Crippen LogP contribution < -0.4 is 0 Å². The van der Waals surface area contributed by atoms with Crippen LogP contribution in [0, 0.1) is 28.6 Å². The van der Waals surface area contributed by atoms with Gasteiger partial charge < -0.3 is 9.47 Å². The molecular weight excluding hydrogens is 356 g/mol. The van der Waals surface area contributed by atoms with E-state index in [4.69, 9.17) is 9.47 Å². The number of fused-ring (bicyclic) bond motifs is 8. The van der Waals surface area contributed by atoms with Crippen LogP contribution in [0.15, 0.2) is 23.8 Å². The highest BCUT2D eigenvalue weighted by Gasteiger charge is 2.73. The number of carbonyl (C=O) groups excluding carboxylic acids is 3. The molecule has 0 N–H and O–H groups in total. The van der Waals surface area contributed by atoms with Crippen molar-refractivity contribution >= 4 is 17.5 Å². The molecule has 150 valence electrons. The number of esters is 1. The Bertz CT molecular complexity index is 855. The molecule has 0 amide bonds. The van der Waals surface area contributed by atoms with Crippen molar-refractivity contribution in [3.05, 3.63) is 23.8 Å². The van der Waals surface area contributed by atoms with E-state index in [1.54, 1.807) is 19.1 Å².